The van der Waals surface area contributed by atoms with E-state index in [1.54, 1.807) is 0 Å². The van der Waals surface area contributed by atoms with E-state index < -0.39 is 0 Å². The summed E-state index contributed by atoms with van der Waals surface area (Å²) in [4.78, 5) is 0. The summed E-state index contributed by atoms with van der Waals surface area (Å²) in [5, 5.41) is 13.6. The summed E-state index contributed by atoms with van der Waals surface area (Å²) in [7, 11) is 0. The van der Waals surface area contributed by atoms with Gasteiger partial charge in [-0.05, 0) is 24.8 Å². The average molecular weight is 192 g/mol. The van der Waals surface area contributed by atoms with E-state index in [2.05, 4.69) is 18.2 Å². The van der Waals surface area contributed by atoms with Gasteiger partial charge >= 0.3 is 0 Å². The monoisotopic (exact) mass is 192 g/mol. The number of rotatable bonds is 3. The summed E-state index contributed by atoms with van der Waals surface area (Å²) in [6.07, 6.45) is 8.57. The SMILES string of the molecule is CCCn1cc(C2=CC(O)CC2)cn1. The number of allylic oxidation sites excluding steroid dienone is 1. The van der Waals surface area contributed by atoms with Crippen molar-refractivity contribution in [3.05, 3.63) is 24.0 Å². The summed E-state index contributed by atoms with van der Waals surface area (Å²) in [5.41, 5.74) is 2.40. The number of nitrogens with zero attached hydrogens (tertiary/aromatic N) is 2. The predicted octanol–water partition coefficient (Wildman–Crippen LogP) is 1.83. The Morgan fingerprint density at radius 2 is 2.50 bits per heavy atom. The maximum Gasteiger partial charge on any atom is 0.0730 e. The van der Waals surface area contributed by atoms with Gasteiger partial charge in [0, 0.05) is 18.3 Å². The molecule has 0 aliphatic heterocycles. The zero-order valence-electron chi connectivity index (χ0n) is 8.48. The molecule has 1 N–H and O–H groups in total. The van der Waals surface area contributed by atoms with Crippen LogP contribution in [0.2, 0.25) is 0 Å². The van der Waals surface area contributed by atoms with E-state index in [-0.39, 0.29) is 6.10 Å². The van der Waals surface area contributed by atoms with Crippen LogP contribution in [0.25, 0.3) is 5.57 Å². The molecule has 0 amide bonds. The van der Waals surface area contributed by atoms with Gasteiger partial charge in [-0.1, -0.05) is 13.0 Å². The Hall–Kier alpha value is -1.09. The van der Waals surface area contributed by atoms with Crippen LogP contribution in [0.4, 0.5) is 0 Å². The molecular weight excluding hydrogens is 176 g/mol. The minimum Gasteiger partial charge on any atom is -0.389 e. The maximum absolute atomic E-state index is 9.37. The number of aromatic nitrogens is 2. The third-order valence-electron chi connectivity index (χ3n) is 2.56. The molecule has 76 valence electrons. The van der Waals surface area contributed by atoms with E-state index >= 15 is 0 Å². The second-order valence-corrected chi connectivity index (χ2v) is 3.79. The highest BCUT2D eigenvalue weighted by Crippen LogP contribution is 2.27. The zero-order valence-corrected chi connectivity index (χ0v) is 8.48. The van der Waals surface area contributed by atoms with Gasteiger partial charge in [0.05, 0.1) is 12.3 Å². The molecule has 14 heavy (non-hydrogen) atoms. The molecule has 1 aliphatic carbocycles. The van der Waals surface area contributed by atoms with Gasteiger partial charge in [-0.25, -0.2) is 0 Å². The van der Waals surface area contributed by atoms with Crippen molar-refractivity contribution in [3.8, 4) is 0 Å². The quantitative estimate of drug-likeness (QED) is 0.793. The average Bonchev–Trinajstić information content (AvgIpc) is 2.74. The first-order chi connectivity index (χ1) is 6.79. The molecule has 0 fully saturated rings. The van der Waals surface area contributed by atoms with Gasteiger partial charge in [-0.15, -0.1) is 0 Å². The highest BCUT2D eigenvalue weighted by Gasteiger charge is 2.15. The molecule has 1 aromatic heterocycles. The number of aliphatic hydroxyl groups excluding tert-OH is 1. The molecule has 1 unspecified atom stereocenters. The fraction of sp³-hybridized carbons (Fsp3) is 0.545. The van der Waals surface area contributed by atoms with E-state index in [4.69, 9.17) is 0 Å². The zero-order chi connectivity index (χ0) is 9.97. The molecule has 0 saturated heterocycles. The van der Waals surface area contributed by atoms with Crippen LogP contribution in [0, 0.1) is 0 Å². The van der Waals surface area contributed by atoms with Crippen LogP contribution in [0.5, 0.6) is 0 Å². The Labute approximate surface area is 84.1 Å². The highest BCUT2D eigenvalue weighted by molar-refractivity contribution is 5.66. The van der Waals surface area contributed by atoms with Crippen LogP contribution in [0.3, 0.4) is 0 Å². The molecule has 0 radical (unpaired) electrons. The summed E-state index contributed by atoms with van der Waals surface area (Å²) >= 11 is 0. The van der Waals surface area contributed by atoms with Crippen molar-refractivity contribution in [2.75, 3.05) is 0 Å². The third-order valence-corrected chi connectivity index (χ3v) is 2.56. The first-order valence-electron chi connectivity index (χ1n) is 5.21. The Kier molecular flexibility index (Phi) is 2.68. The molecule has 1 aliphatic rings. The van der Waals surface area contributed by atoms with Crippen molar-refractivity contribution in [1.82, 2.24) is 9.78 Å². The fourth-order valence-corrected chi connectivity index (χ4v) is 1.82. The van der Waals surface area contributed by atoms with Gasteiger partial charge in [0.25, 0.3) is 0 Å². The van der Waals surface area contributed by atoms with E-state index in [1.165, 1.54) is 5.57 Å². The molecule has 1 aromatic rings. The first kappa shape index (κ1) is 9.46. The van der Waals surface area contributed by atoms with E-state index in [1.807, 2.05) is 17.0 Å². The molecule has 0 bridgehead atoms. The minimum atomic E-state index is -0.250. The minimum absolute atomic E-state index is 0.250. The lowest BCUT2D eigenvalue weighted by atomic mass is 10.1. The fourth-order valence-electron chi connectivity index (χ4n) is 1.82. The van der Waals surface area contributed by atoms with Crippen molar-refractivity contribution in [2.24, 2.45) is 0 Å². The standard InChI is InChI=1S/C11H16N2O/c1-2-5-13-8-10(7-12-13)9-3-4-11(14)6-9/h6-8,11,14H,2-5H2,1H3. The Bertz CT molecular complexity index is 341. The summed E-state index contributed by atoms with van der Waals surface area (Å²) in [6, 6.07) is 0. The van der Waals surface area contributed by atoms with Gasteiger partial charge < -0.3 is 5.11 Å². The summed E-state index contributed by atoms with van der Waals surface area (Å²) in [5.74, 6) is 0. The lowest BCUT2D eigenvalue weighted by Gasteiger charge is -1.96. The number of hydrogen-bond donors (Lipinski definition) is 1. The van der Waals surface area contributed by atoms with Crippen LogP contribution in [-0.2, 0) is 6.54 Å². The third kappa shape index (κ3) is 1.87. The molecule has 3 heteroatoms. The van der Waals surface area contributed by atoms with Gasteiger partial charge in [0.1, 0.15) is 0 Å². The smallest absolute Gasteiger partial charge is 0.0730 e. The van der Waals surface area contributed by atoms with Crippen molar-refractivity contribution in [2.45, 2.75) is 38.8 Å². The molecule has 1 heterocycles. The molecular formula is C11H16N2O. The normalized spacial score (nSPS) is 21.3. The Morgan fingerprint density at radius 1 is 1.64 bits per heavy atom. The Balaban J connectivity index is 2.13. The van der Waals surface area contributed by atoms with Crippen molar-refractivity contribution >= 4 is 5.57 Å². The highest BCUT2D eigenvalue weighted by atomic mass is 16.3. The maximum atomic E-state index is 9.37. The molecule has 3 nitrogen and oxygen atoms in total. The topological polar surface area (TPSA) is 38.0 Å². The van der Waals surface area contributed by atoms with Gasteiger partial charge in [-0.2, -0.15) is 5.10 Å². The second-order valence-electron chi connectivity index (χ2n) is 3.79. The summed E-state index contributed by atoms with van der Waals surface area (Å²) < 4.78 is 1.96. The van der Waals surface area contributed by atoms with Crippen molar-refractivity contribution < 1.29 is 5.11 Å². The van der Waals surface area contributed by atoms with Crippen LogP contribution in [0.1, 0.15) is 31.7 Å². The van der Waals surface area contributed by atoms with E-state index in [9.17, 15) is 5.11 Å². The first-order valence-corrected chi connectivity index (χ1v) is 5.21. The van der Waals surface area contributed by atoms with Crippen LogP contribution < -0.4 is 0 Å². The molecule has 0 aromatic carbocycles. The molecule has 0 spiro atoms. The molecule has 1 atom stereocenters. The van der Waals surface area contributed by atoms with E-state index in [0.717, 1.165) is 31.4 Å². The largest absolute Gasteiger partial charge is 0.389 e. The van der Waals surface area contributed by atoms with Gasteiger partial charge in [0.2, 0.25) is 0 Å². The Morgan fingerprint density at radius 3 is 3.14 bits per heavy atom. The van der Waals surface area contributed by atoms with Gasteiger partial charge in [0.15, 0.2) is 0 Å². The summed E-state index contributed by atoms with van der Waals surface area (Å²) in [6.45, 7) is 3.11. The molecule has 2 rings (SSSR count). The lowest BCUT2D eigenvalue weighted by Crippen LogP contribution is -1.95. The van der Waals surface area contributed by atoms with Crippen LogP contribution in [-0.4, -0.2) is 21.0 Å². The van der Waals surface area contributed by atoms with Crippen LogP contribution in [0.15, 0.2) is 18.5 Å². The number of aryl methyl sites for hydroxylation is 1. The second kappa shape index (κ2) is 3.96. The lowest BCUT2D eigenvalue weighted by molar-refractivity contribution is 0.223. The number of hydrogen-bond acceptors (Lipinski definition) is 2. The van der Waals surface area contributed by atoms with Gasteiger partial charge in [-0.3, -0.25) is 4.68 Å². The van der Waals surface area contributed by atoms with E-state index in [0.29, 0.717) is 0 Å². The predicted molar refractivity (Wildman–Crippen MR) is 55.7 cm³/mol. The van der Waals surface area contributed by atoms with Crippen LogP contribution >= 0.6 is 0 Å². The van der Waals surface area contributed by atoms with Crippen molar-refractivity contribution in [1.29, 1.82) is 0 Å². The van der Waals surface area contributed by atoms with Crippen molar-refractivity contribution in [3.63, 3.8) is 0 Å². The molecule has 0 saturated carbocycles. The number of aliphatic hydroxyl groups is 1.